The second kappa shape index (κ2) is 8.18. The lowest BCUT2D eigenvalue weighted by Crippen LogP contribution is -2.55. The van der Waals surface area contributed by atoms with Crippen LogP contribution in [0.4, 0.5) is 0 Å². The van der Waals surface area contributed by atoms with Gasteiger partial charge in [0.1, 0.15) is 6.10 Å². The summed E-state index contributed by atoms with van der Waals surface area (Å²) in [6, 6.07) is 0. The van der Waals surface area contributed by atoms with Crippen molar-refractivity contribution in [3.8, 4) is 0 Å². The number of carbonyl (C=O) groups excluding carboxylic acids is 1. The summed E-state index contributed by atoms with van der Waals surface area (Å²) in [7, 11) is 0. The molecule has 5 heteroatoms. The normalized spacial score (nSPS) is 56.3. The fourth-order valence-electron chi connectivity index (χ4n) is 10.6. The molecule has 7 unspecified atom stereocenters. The Bertz CT molecular complexity index is 808. The summed E-state index contributed by atoms with van der Waals surface area (Å²) in [5.74, 6) is 4.35. The standard InChI is InChI=1S/C29H47NO4/c1-17-7-12-29(32-16-17)18(2)26-24(34-29)14-23-21-6-5-19-13-20(33-25(31)15-30)8-10-27(19,3)22(21)9-11-28(23,26)4/h17-24,26H,5-16,30H2,1-4H3/t17-,18?,19?,20+,21?,22?,23?,24?,26?,27+,28+,29-/m1/s1. The summed E-state index contributed by atoms with van der Waals surface area (Å²) in [6.45, 7) is 10.8. The predicted octanol–water partition coefficient (Wildman–Crippen LogP) is 5.30. The summed E-state index contributed by atoms with van der Waals surface area (Å²) in [4.78, 5) is 11.8. The number of hydrogen-bond acceptors (Lipinski definition) is 5. The minimum atomic E-state index is -0.310. The fraction of sp³-hybridized carbons (Fsp3) is 0.966. The lowest BCUT2D eigenvalue weighted by Gasteiger charge is -2.61. The molecule has 12 atom stereocenters. The van der Waals surface area contributed by atoms with Gasteiger partial charge in [-0.25, -0.2) is 0 Å². The van der Waals surface area contributed by atoms with Crippen molar-refractivity contribution >= 4 is 5.97 Å². The third kappa shape index (κ3) is 3.31. The molecule has 6 fully saturated rings. The second-order valence-electron chi connectivity index (χ2n) is 13.8. The van der Waals surface area contributed by atoms with E-state index in [1.54, 1.807) is 0 Å². The van der Waals surface area contributed by atoms with E-state index in [9.17, 15) is 4.79 Å². The molecule has 5 nitrogen and oxygen atoms in total. The van der Waals surface area contributed by atoms with E-state index in [1.807, 2.05) is 0 Å². The van der Waals surface area contributed by atoms with E-state index >= 15 is 0 Å². The smallest absolute Gasteiger partial charge is 0.319 e. The van der Waals surface area contributed by atoms with Crippen LogP contribution in [-0.2, 0) is 19.0 Å². The minimum Gasteiger partial charge on any atom is -0.461 e. The molecule has 0 bridgehead atoms. The molecule has 0 amide bonds. The zero-order chi connectivity index (χ0) is 23.9. The van der Waals surface area contributed by atoms with E-state index in [0.717, 1.165) is 43.6 Å². The molecule has 0 aromatic heterocycles. The van der Waals surface area contributed by atoms with Crippen LogP contribution < -0.4 is 5.73 Å². The maximum atomic E-state index is 11.8. The first-order valence-electron chi connectivity index (χ1n) is 14.4. The van der Waals surface area contributed by atoms with Gasteiger partial charge in [0.2, 0.25) is 0 Å². The third-order valence-electron chi connectivity index (χ3n) is 12.3. The van der Waals surface area contributed by atoms with E-state index in [4.69, 9.17) is 19.9 Å². The molecule has 2 heterocycles. The maximum Gasteiger partial charge on any atom is 0.319 e. The number of hydrogen-bond donors (Lipinski definition) is 1. The fourth-order valence-corrected chi connectivity index (χ4v) is 10.6. The van der Waals surface area contributed by atoms with E-state index in [0.29, 0.717) is 40.6 Å². The van der Waals surface area contributed by atoms with Crippen LogP contribution in [0.1, 0.15) is 91.9 Å². The van der Waals surface area contributed by atoms with E-state index < -0.39 is 0 Å². The van der Waals surface area contributed by atoms with Crippen molar-refractivity contribution in [3.05, 3.63) is 0 Å². The van der Waals surface area contributed by atoms with Crippen LogP contribution >= 0.6 is 0 Å². The van der Waals surface area contributed by atoms with Crippen LogP contribution in [0.3, 0.4) is 0 Å². The van der Waals surface area contributed by atoms with Gasteiger partial charge in [-0.15, -0.1) is 0 Å². The van der Waals surface area contributed by atoms with Crippen LogP contribution in [0.5, 0.6) is 0 Å². The largest absolute Gasteiger partial charge is 0.461 e. The van der Waals surface area contributed by atoms with Crippen LogP contribution in [0.2, 0.25) is 0 Å². The van der Waals surface area contributed by atoms with Gasteiger partial charge in [-0.1, -0.05) is 27.7 Å². The molecule has 6 rings (SSSR count). The van der Waals surface area contributed by atoms with Gasteiger partial charge in [-0.3, -0.25) is 4.79 Å². The van der Waals surface area contributed by atoms with Crippen molar-refractivity contribution in [1.29, 1.82) is 0 Å². The SMILES string of the molecule is CC1C2C(CC3C4CCC5C[C@@H](OC(=O)CN)CC[C@]5(C)C4CC[C@@]32C)O[C@]12CC[C@@H](C)CO2. The molecule has 0 radical (unpaired) electrons. The maximum absolute atomic E-state index is 11.8. The molecule has 0 aromatic carbocycles. The van der Waals surface area contributed by atoms with Crippen molar-refractivity contribution in [2.45, 2.75) is 110 Å². The molecule has 2 N–H and O–H groups in total. The molecular formula is C29H47NO4. The second-order valence-corrected chi connectivity index (χ2v) is 13.8. The van der Waals surface area contributed by atoms with Crippen molar-refractivity contribution in [2.24, 2.45) is 58.0 Å². The van der Waals surface area contributed by atoms with Crippen LogP contribution in [0.25, 0.3) is 0 Å². The first-order chi connectivity index (χ1) is 16.2. The summed E-state index contributed by atoms with van der Waals surface area (Å²) in [5.41, 5.74) is 6.28. The molecule has 34 heavy (non-hydrogen) atoms. The summed E-state index contributed by atoms with van der Waals surface area (Å²) < 4.78 is 19.1. The highest BCUT2D eigenvalue weighted by atomic mass is 16.7. The zero-order valence-corrected chi connectivity index (χ0v) is 21.9. The van der Waals surface area contributed by atoms with Crippen molar-refractivity contribution in [1.82, 2.24) is 0 Å². The number of ether oxygens (including phenoxy) is 3. The van der Waals surface area contributed by atoms with E-state index in [-0.39, 0.29) is 24.4 Å². The summed E-state index contributed by atoms with van der Waals surface area (Å²) in [6.07, 6.45) is 12.6. The number of nitrogens with two attached hydrogens (primary N) is 1. The Morgan fingerprint density at radius 1 is 0.971 bits per heavy atom. The zero-order valence-electron chi connectivity index (χ0n) is 21.9. The molecule has 6 aliphatic rings. The van der Waals surface area contributed by atoms with Gasteiger partial charge >= 0.3 is 5.97 Å². The number of esters is 1. The van der Waals surface area contributed by atoms with Gasteiger partial charge in [0.05, 0.1) is 19.3 Å². The van der Waals surface area contributed by atoms with Crippen molar-refractivity contribution in [2.75, 3.05) is 13.2 Å². The number of fused-ring (bicyclic) bond motifs is 7. The Morgan fingerprint density at radius 3 is 2.50 bits per heavy atom. The summed E-state index contributed by atoms with van der Waals surface area (Å²) >= 11 is 0. The van der Waals surface area contributed by atoms with Gasteiger partial charge in [0, 0.05) is 12.3 Å². The molecule has 0 aromatic rings. The highest BCUT2D eigenvalue weighted by Crippen LogP contribution is 2.71. The average Bonchev–Trinajstić information content (AvgIpc) is 3.26. The monoisotopic (exact) mass is 473 g/mol. The van der Waals surface area contributed by atoms with Gasteiger partial charge in [-0.05, 0) is 104 Å². The Labute approximate surface area is 206 Å². The number of carbonyl (C=O) groups is 1. The molecule has 4 saturated carbocycles. The predicted molar refractivity (Wildman–Crippen MR) is 131 cm³/mol. The molecular weight excluding hydrogens is 426 g/mol. The highest BCUT2D eigenvalue weighted by Gasteiger charge is 2.69. The molecule has 2 aliphatic heterocycles. The first kappa shape index (κ1) is 23.7. The van der Waals surface area contributed by atoms with Crippen LogP contribution in [-0.4, -0.2) is 37.1 Å². The topological polar surface area (TPSA) is 70.8 Å². The van der Waals surface area contributed by atoms with Gasteiger partial charge in [0.15, 0.2) is 5.79 Å². The Morgan fingerprint density at radius 2 is 1.76 bits per heavy atom. The van der Waals surface area contributed by atoms with E-state index in [1.165, 1.54) is 44.9 Å². The Hall–Kier alpha value is -0.650. The minimum absolute atomic E-state index is 0.00241. The molecule has 4 aliphatic carbocycles. The van der Waals surface area contributed by atoms with Crippen molar-refractivity contribution < 1.29 is 19.0 Å². The molecule has 2 saturated heterocycles. The van der Waals surface area contributed by atoms with E-state index in [2.05, 4.69) is 27.7 Å². The first-order valence-corrected chi connectivity index (χ1v) is 14.4. The Kier molecular flexibility index (Phi) is 5.71. The van der Waals surface area contributed by atoms with Crippen molar-refractivity contribution in [3.63, 3.8) is 0 Å². The number of rotatable bonds is 2. The van der Waals surface area contributed by atoms with Crippen LogP contribution in [0.15, 0.2) is 0 Å². The molecule has 1 spiro atoms. The Balaban J connectivity index is 1.19. The highest BCUT2D eigenvalue weighted by molar-refractivity contribution is 5.71. The third-order valence-corrected chi connectivity index (χ3v) is 12.3. The van der Waals surface area contributed by atoms with Crippen LogP contribution in [0, 0.1) is 52.3 Å². The van der Waals surface area contributed by atoms with Gasteiger partial charge in [0.25, 0.3) is 0 Å². The quantitative estimate of drug-likeness (QED) is 0.551. The average molecular weight is 474 g/mol. The lowest BCUT2D eigenvalue weighted by atomic mass is 9.44. The summed E-state index contributed by atoms with van der Waals surface area (Å²) in [5, 5.41) is 0. The lowest BCUT2D eigenvalue weighted by molar-refractivity contribution is -0.273. The molecule has 192 valence electrons. The van der Waals surface area contributed by atoms with Gasteiger partial charge in [-0.2, -0.15) is 0 Å². The van der Waals surface area contributed by atoms with Gasteiger partial charge < -0.3 is 19.9 Å².